The molecule has 1 aromatic carbocycles. The second-order valence-corrected chi connectivity index (χ2v) is 4.06. The maximum Gasteiger partial charge on any atom is 0.327 e. The molecule has 92 valence electrons. The number of hydrogen-bond donors (Lipinski definition) is 1. The first-order valence-corrected chi connectivity index (χ1v) is 5.40. The fourth-order valence-corrected chi connectivity index (χ4v) is 1.62. The van der Waals surface area contributed by atoms with Gasteiger partial charge in [-0.05, 0) is 31.0 Å². The molecule has 1 unspecified atom stereocenters. The lowest BCUT2D eigenvalue weighted by molar-refractivity contribution is -0.143. The number of nitrogens with one attached hydrogen (secondary N) is 1. The van der Waals surface area contributed by atoms with Gasteiger partial charge in [0.1, 0.15) is 17.7 Å². The zero-order valence-corrected chi connectivity index (χ0v) is 9.37. The Bertz CT molecular complexity index is 433. The first-order chi connectivity index (χ1) is 8.11. The van der Waals surface area contributed by atoms with Crippen LogP contribution in [0, 0.1) is 11.6 Å². The van der Waals surface area contributed by atoms with E-state index in [-0.39, 0.29) is 11.6 Å². The number of hydrogen-bond acceptors (Lipinski definition) is 3. The minimum absolute atomic E-state index is 0.0104. The Hall–Kier alpha value is -1.49. The van der Waals surface area contributed by atoms with Crippen LogP contribution < -0.4 is 5.32 Å². The molecule has 17 heavy (non-hydrogen) atoms. The minimum Gasteiger partial charge on any atom is -0.468 e. The second-order valence-electron chi connectivity index (χ2n) is 4.06. The lowest BCUT2D eigenvalue weighted by atomic mass is 10.1. The highest BCUT2D eigenvalue weighted by Gasteiger charge is 2.31. The molecule has 5 heteroatoms. The Labute approximate surface area is 97.8 Å². The number of esters is 1. The molecule has 1 aromatic rings. The van der Waals surface area contributed by atoms with Crippen LogP contribution in [0.25, 0.3) is 0 Å². The highest BCUT2D eigenvalue weighted by molar-refractivity contribution is 5.77. The molecule has 0 spiro atoms. The average Bonchev–Trinajstić information content (AvgIpc) is 3.12. The van der Waals surface area contributed by atoms with Crippen LogP contribution in [0.3, 0.4) is 0 Å². The zero-order valence-electron chi connectivity index (χ0n) is 9.37. The molecule has 0 aromatic heterocycles. The average molecular weight is 241 g/mol. The summed E-state index contributed by atoms with van der Waals surface area (Å²) in [5.74, 6) is -1.80. The van der Waals surface area contributed by atoms with Crippen LogP contribution in [0.5, 0.6) is 0 Å². The van der Waals surface area contributed by atoms with Crippen molar-refractivity contribution in [3.8, 4) is 0 Å². The van der Waals surface area contributed by atoms with Crippen molar-refractivity contribution in [2.75, 3.05) is 7.11 Å². The first-order valence-electron chi connectivity index (χ1n) is 5.40. The van der Waals surface area contributed by atoms with Gasteiger partial charge in [0.15, 0.2) is 0 Å². The smallest absolute Gasteiger partial charge is 0.327 e. The first kappa shape index (κ1) is 12.0. The summed E-state index contributed by atoms with van der Waals surface area (Å²) in [6, 6.07) is 2.29. The lowest BCUT2D eigenvalue weighted by Crippen LogP contribution is -2.32. The van der Waals surface area contributed by atoms with Crippen molar-refractivity contribution < 1.29 is 18.3 Å². The topological polar surface area (TPSA) is 38.3 Å². The SMILES string of the molecule is COC(=O)C(NC1CC1)c1cc(F)ccc1F. The van der Waals surface area contributed by atoms with Crippen molar-refractivity contribution >= 4 is 5.97 Å². The van der Waals surface area contributed by atoms with Gasteiger partial charge in [-0.15, -0.1) is 0 Å². The third-order valence-corrected chi connectivity index (χ3v) is 2.69. The lowest BCUT2D eigenvalue weighted by Gasteiger charge is -2.17. The van der Waals surface area contributed by atoms with Crippen LogP contribution in [-0.4, -0.2) is 19.1 Å². The summed E-state index contributed by atoms with van der Waals surface area (Å²) in [6.07, 6.45) is 1.87. The van der Waals surface area contributed by atoms with Crippen LogP contribution >= 0.6 is 0 Å². The van der Waals surface area contributed by atoms with E-state index in [0.29, 0.717) is 0 Å². The van der Waals surface area contributed by atoms with Gasteiger partial charge in [0, 0.05) is 11.6 Å². The van der Waals surface area contributed by atoms with Gasteiger partial charge in [-0.25, -0.2) is 13.6 Å². The van der Waals surface area contributed by atoms with Crippen molar-refractivity contribution in [2.24, 2.45) is 0 Å². The molecule has 1 aliphatic rings. The van der Waals surface area contributed by atoms with E-state index in [0.717, 1.165) is 31.0 Å². The molecule has 1 N–H and O–H groups in total. The molecule has 0 saturated heterocycles. The van der Waals surface area contributed by atoms with Gasteiger partial charge in [0.05, 0.1) is 7.11 Å². The summed E-state index contributed by atoms with van der Waals surface area (Å²) < 4.78 is 31.3. The van der Waals surface area contributed by atoms with Crippen LogP contribution in [0.15, 0.2) is 18.2 Å². The van der Waals surface area contributed by atoms with Crippen molar-refractivity contribution in [1.29, 1.82) is 0 Å². The molecule has 0 bridgehead atoms. The van der Waals surface area contributed by atoms with E-state index in [4.69, 9.17) is 0 Å². The molecule has 2 rings (SSSR count). The summed E-state index contributed by atoms with van der Waals surface area (Å²) in [5.41, 5.74) is -0.0104. The molecular weight excluding hydrogens is 228 g/mol. The number of ether oxygens (including phenoxy) is 1. The third-order valence-electron chi connectivity index (χ3n) is 2.69. The fourth-order valence-electron chi connectivity index (χ4n) is 1.62. The van der Waals surface area contributed by atoms with E-state index in [9.17, 15) is 13.6 Å². The van der Waals surface area contributed by atoms with E-state index >= 15 is 0 Å². The van der Waals surface area contributed by atoms with Gasteiger partial charge in [-0.2, -0.15) is 0 Å². The van der Waals surface area contributed by atoms with E-state index in [1.165, 1.54) is 7.11 Å². The number of benzene rings is 1. The second kappa shape index (κ2) is 4.79. The number of rotatable bonds is 4. The van der Waals surface area contributed by atoms with E-state index in [2.05, 4.69) is 10.1 Å². The molecule has 0 heterocycles. The normalized spacial score (nSPS) is 16.6. The molecule has 1 saturated carbocycles. The Morgan fingerprint density at radius 1 is 1.47 bits per heavy atom. The van der Waals surface area contributed by atoms with Crippen LogP contribution in [-0.2, 0) is 9.53 Å². The fraction of sp³-hybridized carbons (Fsp3) is 0.417. The Morgan fingerprint density at radius 2 is 2.18 bits per heavy atom. The summed E-state index contributed by atoms with van der Waals surface area (Å²) in [5, 5.41) is 2.94. The molecule has 3 nitrogen and oxygen atoms in total. The number of carbonyl (C=O) groups excluding carboxylic acids is 1. The molecular formula is C12H13F2NO2. The highest BCUT2D eigenvalue weighted by Crippen LogP contribution is 2.26. The monoisotopic (exact) mass is 241 g/mol. The van der Waals surface area contributed by atoms with E-state index in [1.807, 2.05) is 0 Å². The molecule has 0 amide bonds. The minimum atomic E-state index is -0.941. The predicted molar refractivity (Wildman–Crippen MR) is 57.3 cm³/mol. The van der Waals surface area contributed by atoms with Crippen molar-refractivity contribution in [2.45, 2.75) is 24.9 Å². The van der Waals surface area contributed by atoms with Gasteiger partial charge < -0.3 is 4.74 Å². The van der Waals surface area contributed by atoms with Crippen LogP contribution in [0.1, 0.15) is 24.4 Å². The van der Waals surface area contributed by atoms with Crippen molar-refractivity contribution in [1.82, 2.24) is 5.32 Å². The van der Waals surface area contributed by atoms with Crippen molar-refractivity contribution in [3.63, 3.8) is 0 Å². The summed E-state index contributed by atoms with van der Waals surface area (Å²) in [6.45, 7) is 0. The van der Waals surface area contributed by atoms with Gasteiger partial charge >= 0.3 is 5.97 Å². The Morgan fingerprint density at radius 3 is 2.76 bits per heavy atom. The quantitative estimate of drug-likeness (QED) is 0.818. The summed E-state index contributed by atoms with van der Waals surface area (Å²) in [4.78, 5) is 11.6. The standard InChI is InChI=1S/C12H13F2NO2/c1-17-12(16)11(15-8-3-4-8)9-6-7(13)2-5-10(9)14/h2,5-6,8,11,15H,3-4H2,1H3. The van der Waals surface area contributed by atoms with E-state index < -0.39 is 23.6 Å². The van der Waals surface area contributed by atoms with Gasteiger partial charge in [0.25, 0.3) is 0 Å². The maximum absolute atomic E-state index is 13.6. The molecule has 1 fully saturated rings. The summed E-state index contributed by atoms with van der Waals surface area (Å²) >= 11 is 0. The van der Waals surface area contributed by atoms with Gasteiger partial charge in [-0.3, -0.25) is 5.32 Å². The van der Waals surface area contributed by atoms with Gasteiger partial charge in [-0.1, -0.05) is 0 Å². The van der Waals surface area contributed by atoms with Crippen LogP contribution in [0.4, 0.5) is 8.78 Å². The highest BCUT2D eigenvalue weighted by atomic mass is 19.1. The van der Waals surface area contributed by atoms with E-state index in [1.54, 1.807) is 0 Å². The Balaban J connectivity index is 2.29. The summed E-state index contributed by atoms with van der Waals surface area (Å²) in [7, 11) is 1.22. The Kier molecular flexibility index (Phi) is 3.38. The molecule has 1 atom stereocenters. The van der Waals surface area contributed by atoms with Crippen molar-refractivity contribution in [3.05, 3.63) is 35.4 Å². The molecule has 0 radical (unpaired) electrons. The van der Waals surface area contributed by atoms with Crippen LogP contribution in [0.2, 0.25) is 0 Å². The maximum atomic E-state index is 13.6. The largest absolute Gasteiger partial charge is 0.468 e. The molecule has 0 aliphatic heterocycles. The van der Waals surface area contributed by atoms with Gasteiger partial charge in [0.2, 0.25) is 0 Å². The number of carbonyl (C=O) groups is 1. The molecule has 1 aliphatic carbocycles. The third kappa shape index (κ3) is 2.79. The predicted octanol–water partition coefficient (Wildman–Crippen LogP) is 1.93. The zero-order chi connectivity index (χ0) is 12.4. The number of halogens is 2. The number of methoxy groups -OCH3 is 1.